The molecule has 0 saturated carbocycles. The Balaban J connectivity index is 1.47. The average molecular weight is 337 g/mol. The van der Waals surface area contributed by atoms with Crippen molar-refractivity contribution in [3.05, 3.63) is 41.6 Å². The summed E-state index contributed by atoms with van der Waals surface area (Å²) < 4.78 is 0. The number of nitrogens with zero attached hydrogens (tertiary/aromatic N) is 5. The van der Waals surface area contributed by atoms with E-state index in [0.29, 0.717) is 0 Å². The van der Waals surface area contributed by atoms with Gasteiger partial charge in [-0.2, -0.15) is 4.98 Å². The molecule has 132 valence electrons. The van der Waals surface area contributed by atoms with Crippen molar-refractivity contribution in [2.24, 2.45) is 0 Å². The van der Waals surface area contributed by atoms with Gasteiger partial charge in [-0.15, -0.1) is 0 Å². The average Bonchev–Trinajstić information content (AvgIpc) is 3.16. The lowest BCUT2D eigenvalue weighted by molar-refractivity contribution is 0.638. The first-order chi connectivity index (χ1) is 12.2. The van der Waals surface area contributed by atoms with Gasteiger partial charge in [0.2, 0.25) is 5.95 Å². The van der Waals surface area contributed by atoms with Crippen LogP contribution in [0.3, 0.4) is 0 Å². The van der Waals surface area contributed by atoms with E-state index in [9.17, 15) is 0 Å². The van der Waals surface area contributed by atoms with Crippen LogP contribution in [-0.2, 0) is 0 Å². The smallest absolute Gasteiger partial charge is 0.227 e. The van der Waals surface area contributed by atoms with E-state index < -0.39 is 0 Å². The van der Waals surface area contributed by atoms with Gasteiger partial charge in [-0.1, -0.05) is 12.1 Å². The lowest BCUT2D eigenvalue weighted by Gasteiger charge is -2.36. The first-order valence-corrected chi connectivity index (χ1v) is 9.36. The second-order valence-corrected chi connectivity index (χ2v) is 7.17. The highest BCUT2D eigenvalue weighted by atomic mass is 15.3. The first-order valence-electron chi connectivity index (χ1n) is 9.36. The Morgan fingerprint density at radius 2 is 1.48 bits per heavy atom. The molecule has 2 aromatic rings. The minimum Gasteiger partial charge on any atom is -0.368 e. The fraction of sp³-hybridized carbons (Fsp3) is 0.500. The second kappa shape index (κ2) is 6.90. The molecule has 5 heteroatoms. The van der Waals surface area contributed by atoms with Crippen molar-refractivity contribution in [2.45, 2.75) is 26.7 Å². The van der Waals surface area contributed by atoms with Gasteiger partial charge in [0, 0.05) is 56.7 Å². The van der Waals surface area contributed by atoms with E-state index in [1.807, 2.05) is 0 Å². The van der Waals surface area contributed by atoms with Crippen molar-refractivity contribution >= 4 is 17.5 Å². The monoisotopic (exact) mass is 337 g/mol. The molecule has 0 aliphatic carbocycles. The molecular weight excluding hydrogens is 310 g/mol. The Morgan fingerprint density at radius 1 is 0.760 bits per heavy atom. The van der Waals surface area contributed by atoms with Gasteiger partial charge in [-0.05, 0) is 44.4 Å². The van der Waals surface area contributed by atoms with Gasteiger partial charge in [0.05, 0.1) is 0 Å². The first kappa shape index (κ1) is 16.2. The molecule has 0 amide bonds. The van der Waals surface area contributed by atoms with E-state index in [4.69, 9.17) is 9.97 Å². The minimum absolute atomic E-state index is 0.894. The third-order valence-electron chi connectivity index (χ3n) is 5.19. The highest BCUT2D eigenvalue weighted by molar-refractivity contribution is 5.51. The molecule has 1 aromatic heterocycles. The van der Waals surface area contributed by atoms with Crippen LogP contribution in [0.25, 0.3) is 0 Å². The lowest BCUT2D eigenvalue weighted by Crippen LogP contribution is -2.47. The van der Waals surface area contributed by atoms with Crippen LogP contribution in [0, 0.1) is 13.8 Å². The van der Waals surface area contributed by atoms with Gasteiger partial charge in [-0.25, -0.2) is 4.98 Å². The van der Waals surface area contributed by atoms with E-state index in [2.05, 4.69) is 58.9 Å². The maximum Gasteiger partial charge on any atom is 0.227 e. The Kier molecular flexibility index (Phi) is 4.47. The number of piperazine rings is 1. The molecule has 0 unspecified atom stereocenters. The fourth-order valence-corrected chi connectivity index (χ4v) is 3.78. The topological polar surface area (TPSA) is 35.5 Å². The third-order valence-corrected chi connectivity index (χ3v) is 5.19. The zero-order valence-electron chi connectivity index (χ0n) is 15.3. The second-order valence-electron chi connectivity index (χ2n) is 7.17. The number of hydrogen-bond donors (Lipinski definition) is 0. The van der Waals surface area contributed by atoms with E-state index in [1.54, 1.807) is 0 Å². The highest BCUT2D eigenvalue weighted by Crippen LogP contribution is 2.23. The van der Waals surface area contributed by atoms with Crippen molar-refractivity contribution in [3.8, 4) is 0 Å². The number of hydrogen-bond acceptors (Lipinski definition) is 5. The van der Waals surface area contributed by atoms with E-state index in [1.165, 1.54) is 24.1 Å². The third kappa shape index (κ3) is 3.55. The maximum absolute atomic E-state index is 4.87. The van der Waals surface area contributed by atoms with E-state index >= 15 is 0 Å². The summed E-state index contributed by atoms with van der Waals surface area (Å²) in [6, 6.07) is 10.9. The van der Waals surface area contributed by atoms with Gasteiger partial charge in [0.15, 0.2) is 0 Å². The summed E-state index contributed by atoms with van der Waals surface area (Å²) in [5.41, 5.74) is 3.70. The van der Waals surface area contributed by atoms with Crippen LogP contribution >= 0.6 is 0 Å². The van der Waals surface area contributed by atoms with Crippen molar-refractivity contribution in [3.63, 3.8) is 0 Å². The van der Waals surface area contributed by atoms with E-state index in [0.717, 1.165) is 56.7 Å². The highest BCUT2D eigenvalue weighted by Gasteiger charge is 2.21. The van der Waals surface area contributed by atoms with Crippen molar-refractivity contribution in [1.29, 1.82) is 0 Å². The maximum atomic E-state index is 4.87. The molecule has 2 saturated heterocycles. The molecule has 2 aliphatic rings. The summed E-state index contributed by atoms with van der Waals surface area (Å²) in [5, 5.41) is 0. The Labute approximate surface area is 150 Å². The van der Waals surface area contributed by atoms with Crippen molar-refractivity contribution in [1.82, 2.24) is 9.97 Å². The molecule has 0 radical (unpaired) electrons. The largest absolute Gasteiger partial charge is 0.368 e. The molecule has 0 spiro atoms. The summed E-state index contributed by atoms with van der Waals surface area (Å²) in [6.45, 7) is 10.4. The molecule has 3 heterocycles. The molecular formula is C20H27N5. The fourth-order valence-electron chi connectivity index (χ4n) is 3.78. The molecule has 0 atom stereocenters. The summed E-state index contributed by atoms with van der Waals surface area (Å²) in [5.74, 6) is 1.99. The standard InChI is InChI=1S/C20H27N5/c1-16-6-5-7-18(14-16)23-10-12-25(13-11-23)20-21-17(2)15-19(22-20)24-8-3-4-9-24/h5-7,14-15H,3-4,8-13H2,1-2H3. The van der Waals surface area contributed by atoms with Gasteiger partial charge >= 0.3 is 0 Å². The molecule has 1 aromatic carbocycles. The number of benzene rings is 1. The van der Waals surface area contributed by atoms with Gasteiger partial charge < -0.3 is 14.7 Å². The number of anilines is 3. The summed E-state index contributed by atoms with van der Waals surface area (Å²) in [6.07, 6.45) is 2.54. The van der Waals surface area contributed by atoms with Gasteiger partial charge in [-0.3, -0.25) is 0 Å². The normalized spacial score (nSPS) is 18.1. The molecule has 2 fully saturated rings. The van der Waals surface area contributed by atoms with Crippen molar-refractivity contribution in [2.75, 3.05) is 54.0 Å². The summed E-state index contributed by atoms with van der Waals surface area (Å²) in [7, 11) is 0. The lowest BCUT2D eigenvalue weighted by atomic mass is 10.2. The molecule has 0 bridgehead atoms. The van der Waals surface area contributed by atoms with Crippen LogP contribution in [-0.4, -0.2) is 49.2 Å². The molecule has 2 aliphatic heterocycles. The van der Waals surface area contributed by atoms with E-state index in [-0.39, 0.29) is 0 Å². The Morgan fingerprint density at radius 3 is 2.20 bits per heavy atom. The molecule has 5 nitrogen and oxygen atoms in total. The summed E-state index contributed by atoms with van der Waals surface area (Å²) in [4.78, 5) is 16.8. The van der Waals surface area contributed by atoms with Crippen LogP contribution in [0.2, 0.25) is 0 Å². The predicted octanol–water partition coefficient (Wildman–Crippen LogP) is 3.02. The Bertz CT molecular complexity index is 731. The van der Waals surface area contributed by atoms with Crippen LogP contribution in [0.5, 0.6) is 0 Å². The van der Waals surface area contributed by atoms with Crippen LogP contribution in [0.4, 0.5) is 17.5 Å². The van der Waals surface area contributed by atoms with Gasteiger partial charge in [0.25, 0.3) is 0 Å². The number of aryl methyl sites for hydroxylation is 2. The van der Waals surface area contributed by atoms with Crippen LogP contribution in [0.1, 0.15) is 24.1 Å². The quantitative estimate of drug-likeness (QED) is 0.860. The van der Waals surface area contributed by atoms with Crippen LogP contribution < -0.4 is 14.7 Å². The summed E-state index contributed by atoms with van der Waals surface area (Å²) >= 11 is 0. The number of aromatic nitrogens is 2. The minimum atomic E-state index is 0.894. The molecule has 0 N–H and O–H groups in total. The predicted molar refractivity (Wildman–Crippen MR) is 104 cm³/mol. The SMILES string of the molecule is Cc1cccc(N2CCN(c3nc(C)cc(N4CCCC4)n3)CC2)c1. The zero-order valence-corrected chi connectivity index (χ0v) is 15.3. The number of rotatable bonds is 3. The zero-order chi connectivity index (χ0) is 17.2. The van der Waals surface area contributed by atoms with Crippen molar-refractivity contribution < 1.29 is 0 Å². The Hall–Kier alpha value is -2.30. The van der Waals surface area contributed by atoms with Gasteiger partial charge in [0.1, 0.15) is 5.82 Å². The molecule has 25 heavy (non-hydrogen) atoms. The van der Waals surface area contributed by atoms with Crippen LogP contribution in [0.15, 0.2) is 30.3 Å². The molecule has 4 rings (SSSR count).